The number of benzene rings is 1. The third-order valence-corrected chi connectivity index (χ3v) is 2.91. The van der Waals surface area contributed by atoms with Gasteiger partial charge in [-0.25, -0.2) is 4.79 Å². The van der Waals surface area contributed by atoms with Gasteiger partial charge in [-0.2, -0.15) is 0 Å². The van der Waals surface area contributed by atoms with Crippen LogP contribution in [0.25, 0.3) is 0 Å². The van der Waals surface area contributed by atoms with Crippen LogP contribution in [0, 0.1) is 0 Å². The fraction of sp³-hybridized carbons (Fsp3) is 0.562. The third-order valence-electron chi connectivity index (χ3n) is 2.91. The van der Waals surface area contributed by atoms with E-state index in [-0.39, 0.29) is 6.29 Å². The zero-order chi connectivity index (χ0) is 15.3. The molecular weight excluding hydrogens is 270 g/mol. The maximum Gasteiger partial charge on any atom is 0.412 e. The van der Waals surface area contributed by atoms with Crippen LogP contribution in [0.1, 0.15) is 40.0 Å². The van der Waals surface area contributed by atoms with Crippen molar-refractivity contribution in [2.45, 2.75) is 51.9 Å². The molecule has 0 saturated carbocycles. The van der Waals surface area contributed by atoms with E-state index in [9.17, 15) is 4.79 Å². The number of amides is 1. The van der Waals surface area contributed by atoms with E-state index < -0.39 is 11.7 Å². The summed E-state index contributed by atoms with van der Waals surface area (Å²) in [6.07, 6.45) is 2.51. The van der Waals surface area contributed by atoms with Crippen LogP contribution in [0.2, 0.25) is 0 Å². The van der Waals surface area contributed by atoms with E-state index in [1.165, 1.54) is 0 Å². The van der Waals surface area contributed by atoms with E-state index in [4.69, 9.17) is 14.2 Å². The average molecular weight is 293 g/mol. The molecule has 21 heavy (non-hydrogen) atoms. The van der Waals surface area contributed by atoms with Gasteiger partial charge in [-0.1, -0.05) is 0 Å². The number of hydrogen-bond donors (Lipinski definition) is 1. The highest BCUT2D eigenvalue weighted by Gasteiger charge is 2.17. The molecule has 2 rings (SSSR count). The smallest absolute Gasteiger partial charge is 0.412 e. The first-order valence-corrected chi connectivity index (χ1v) is 7.31. The summed E-state index contributed by atoms with van der Waals surface area (Å²) < 4.78 is 16.4. The van der Waals surface area contributed by atoms with E-state index >= 15 is 0 Å². The van der Waals surface area contributed by atoms with Crippen LogP contribution in [-0.2, 0) is 9.47 Å². The summed E-state index contributed by atoms with van der Waals surface area (Å²) in [7, 11) is 0. The van der Waals surface area contributed by atoms with E-state index in [0.717, 1.165) is 31.6 Å². The predicted octanol–water partition coefficient (Wildman–Crippen LogP) is 3.94. The second-order valence-corrected chi connectivity index (χ2v) is 6.07. The molecule has 0 bridgehead atoms. The topological polar surface area (TPSA) is 56.8 Å². The number of rotatable bonds is 3. The fourth-order valence-electron chi connectivity index (χ4n) is 1.99. The molecule has 0 aliphatic carbocycles. The van der Waals surface area contributed by atoms with Crippen molar-refractivity contribution in [2.24, 2.45) is 0 Å². The van der Waals surface area contributed by atoms with Gasteiger partial charge in [0.15, 0.2) is 6.29 Å². The van der Waals surface area contributed by atoms with Crippen LogP contribution < -0.4 is 10.1 Å². The van der Waals surface area contributed by atoms with Crippen molar-refractivity contribution < 1.29 is 19.0 Å². The summed E-state index contributed by atoms with van der Waals surface area (Å²) in [4.78, 5) is 11.6. The maximum absolute atomic E-state index is 11.6. The molecule has 1 unspecified atom stereocenters. The molecule has 1 atom stereocenters. The Morgan fingerprint density at radius 1 is 1.24 bits per heavy atom. The van der Waals surface area contributed by atoms with Gasteiger partial charge in [0.2, 0.25) is 0 Å². The molecule has 5 heteroatoms. The van der Waals surface area contributed by atoms with Crippen molar-refractivity contribution in [2.75, 3.05) is 11.9 Å². The van der Waals surface area contributed by atoms with Gasteiger partial charge in [0.25, 0.3) is 0 Å². The molecular formula is C16H23NO4. The van der Waals surface area contributed by atoms with Crippen molar-refractivity contribution in [1.82, 2.24) is 0 Å². The first-order chi connectivity index (χ1) is 9.92. The van der Waals surface area contributed by atoms with Crippen LogP contribution in [-0.4, -0.2) is 24.6 Å². The Hall–Kier alpha value is -1.75. The van der Waals surface area contributed by atoms with E-state index in [0.29, 0.717) is 5.69 Å². The molecule has 0 aromatic heterocycles. The molecule has 0 spiro atoms. The zero-order valence-electron chi connectivity index (χ0n) is 12.8. The normalized spacial score (nSPS) is 18.9. The lowest BCUT2D eigenvalue weighted by Gasteiger charge is -2.23. The van der Waals surface area contributed by atoms with Gasteiger partial charge in [0.1, 0.15) is 11.4 Å². The number of hydrogen-bond acceptors (Lipinski definition) is 4. The van der Waals surface area contributed by atoms with Gasteiger partial charge < -0.3 is 14.2 Å². The molecule has 0 radical (unpaired) electrons. The van der Waals surface area contributed by atoms with Crippen LogP contribution in [0.15, 0.2) is 24.3 Å². The Labute approximate surface area is 125 Å². The highest BCUT2D eigenvalue weighted by molar-refractivity contribution is 5.84. The Balaban J connectivity index is 1.85. The summed E-state index contributed by atoms with van der Waals surface area (Å²) in [5, 5.41) is 2.68. The number of ether oxygens (including phenoxy) is 3. The molecule has 1 amide bonds. The first-order valence-electron chi connectivity index (χ1n) is 7.31. The summed E-state index contributed by atoms with van der Waals surface area (Å²) in [5.74, 6) is 0.733. The minimum absolute atomic E-state index is 0.164. The number of nitrogens with one attached hydrogen (secondary N) is 1. The van der Waals surface area contributed by atoms with Crippen LogP contribution >= 0.6 is 0 Å². The van der Waals surface area contributed by atoms with Gasteiger partial charge >= 0.3 is 6.09 Å². The van der Waals surface area contributed by atoms with Crippen LogP contribution in [0.3, 0.4) is 0 Å². The number of anilines is 1. The fourth-order valence-corrected chi connectivity index (χ4v) is 1.99. The highest BCUT2D eigenvalue weighted by Crippen LogP contribution is 2.21. The van der Waals surface area contributed by atoms with Crippen molar-refractivity contribution in [1.29, 1.82) is 0 Å². The molecule has 1 aromatic rings. The van der Waals surface area contributed by atoms with Crippen LogP contribution in [0.5, 0.6) is 5.75 Å². The van der Waals surface area contributed by atoms with Gasteiger partial charge in [0.05, 0.1) is 6.61 Å². The first kappa shape index (κ1) is 15.6. The summed E-state index contributed by atoms with van der Waals surface area (Å²) in [6, 6.07) is 7.18. The minimum Gasteiger partial charge on any atom is -0.465 e. The molecule has 1 aromatic carbocycles. The van der Waals surface area contributed by atoms with Crippen molar-refractivity contribution in [3.8, 4) is 5.75 Å². The Morgan fingerprint density at radius 3 is 2.52 bits per heavy atom. The Bertz CT molecular complexity index is 458. The van der Waals surface area contributed by atoms with Crippen molar-refractivity contribution >= 4 is 11.8 Å². The third kappa shape index (κ3) is 5.63. The van der Waals surface area contributed by atoms with E-state index in [1.807, 2.05) is 32.9 Å². The lowest BCUT2D eigenvalue weighted by Crippen LogP contribution is -2.27. The second kappa shape index (κ2) is 6.80. The summed E-state index contributed by atoms with van der Waals surface area (Å²) in [5.41, 5.74) is 0.159. The quantitative estimate of drug-likeness (QED) is 0.917. The lowest BCUT2D eigenvalue weighted by atomic mass is 10.2. The molecule has 116 valence electrons. The van der Waals surface area contributed by atoms with Crippen molar-refractivity contribution in [3.63, 3.8) is 0 Å². The summed E-state index contributed by atoms with van der Waals surface area (Å²) >= 11 is 0. The largest absolute Gasteiger partial charge is 0.465 e. The Kier molecular flexibility index (Phi) is 5.07. The average Bonchev–Trinajstić information content (AvgIpc) is 2.40. The molecule has 1 fully saturated rings. The maximum atomic E-state index is 11.6. The molecule has 1 heterocycles. The van der Waals surface area contributed by atoms with E-state index in [2.05, 4.69) is 5.32 Å². The summed E-state index contributed by atoms with van der Waals surface area (Å²) in [6.45, 7) is 6.23. The zero-order valence-corrected chi connectivity index (χ0v) is 12.8. The number of carbonyl (C=O) groups excluding carboxylic acids is 1. The van der Waals surface area contributed by atoms with Gasteiger partial charge in [-0.3, -0.25) is 5.32 Å². The van der Waals surface area contributed by atoms with Gasteiger partial charge in [-0.15, -0.1) is 0 Å². The Morgan fingerprint density at radius 2 is 1.95 bits per heavy atom. The minimum atomic E-state index is -0.508. The molecule has 1 saturated heterocycles. The lowest BCUT2D eigenvalue weighted by molar-refractivity contribution is -0.105. The standard InChI is InChI=1S/C16H23NO4/c1-16(2,3)21-15(18)17-12-7-9-13(10-8-12)20-14-6-4-5-11-19-14/h7-10,14H,4-6,11H2,1-3H3,(H,17,18). The van der Waals surface area contributed by atoms with Crippen LogP contribution in [0.4, 0.5) is 10.5 Å². The number of carbonyl (C=O) groups is 1. The highest BCUT2D eigenvalue weighted by atomic mass is 16.7. The van der Waals surface area contributed by atoms with E-state index in [1.54, 1.807) is 12.1 Å². The molecule has 1 aliphatic rings. The van der Waals surface area contributed by atoms with Crippen molar-refractivity contribution in [3.05, 3.63) is 24.3 Å². The predicted molar refractivity (Wildman–Crippen MR) is 80.5 cm³/mol. The monoisotopic (exact) mass is 293 g/mol. The SMILES string of the molecule is CC(C)(C)OC(=O)Nc1ccc(OC2CCCCO2)cc1. The second-order valence-electron chi connectivity index (χ2n) is 6.07. The molecule has 1 aliphatic heterocycles. The van der Waals surface area contributed by atoms with Gasteiger partial charge in [-0.05, 0) is 57.9 Å². The van der Waals surface area contributed by atoms with Gasteiger partial charge in [0, 0.05) is 12.1 Å². The molecule has 1 N–H and O–H groups in total. The molecule has 5 nitrogen and oxygen atoms in total.